The van der Waals surface area contributed by atoms with E-state index in [4.69, 9.17) is 14.6 Å². The van der Waals surface area contributed by atoms with Gasteiger partial charge in [0.15, 0.2) is 0 Å². The number of carboxylic acids is 1. The number of aliphatic carboxylic acids is 1. The number of hydrogen-bond donors (Lipinski definition) is 1. The highest BCUT2D eigenvalue weighted by molar-refractivity contribution is 5.85. The first kappa shape index (κ1) is 22.2. The van der Waals surface area contributed by atoms with Crippen LogP contribution in [-0.2, 0) is 9.53 Å². The Labute approximate surface area is 172 Å². The zero-order valence-corrected chi connectivity index (χ0v) is 16.9. The lowest BCUT2D eigenvalue weighted by Gasteiger charge is -2.34. The van der Waals surface area contributed by atoms with E-state index in [0.29, 0.717) is 6.54 Å². The number of halogens is 1. The van der Waals surface area contributed by atoms with Crippen LogP contribution in [0.3, 0.4) is 0 Å². The maximum absolute atomic E-state index is 10.8. The van der Waals surface area contributed by atoms with Gasteiger partial charge in [0.2, 0.25) is 0 Å². The average Bonchev–Trinajstić information content (AvgIpc) is 2.72. The fraction of sp³-hybridized carbons (Fsp3) is 0.409. The highest BCUT2D eigenvalue weighted by Crippen LogP contribution is 2.31. The Morgan fingerprint density at radius 2 is 1.68 bits per heavy atom. The zero-order chi connectivity index (χ0) is 19.1. The molecule has 0 bridgehead atoms. The number of carboxylic acid groups (broad SMARTS) is 1. The van der Waals surface area contributed by atoms with Gasteiger partial charge in [-0.1, -0.05) is 42.5 Å². The van der Waals surface area contributed by atoms with E-state index in [0.717, 1.165) is 42.8 Å². The van der Waals surface area contributed by atoms with Crippen LogP contribution in [-0.4, -0.2) is 48.8 Å². The van der Waals surface area contributed by atoms with Gasteiger partial charge < -0.3 is 19.5 Å². The van der Waals surface area contributed by atoms with Gasteiger partial charge in [0.05, 0.1) is 19.6 Å². The molecule has 1 unspecified atom stereocenters. The molecule has 1 saturated heterocycles. The molecule has 1 fully saturated rings. The van der Waals surface area contributed by atoms with E-state index in [1.807, 2.05) is 30.3 Å². The Morgan fingerprint density at radius 3 is 2.25 bits per heavy atom. The molecule has 0 aromatic heterocycles. The highest BCUT2D eigenvalue weighted by atomic mass is 35.5. The van der Waals surface area contributed by atoms with Crippen molar-refractivity contribution in [2.24, 2.45) is 0 Å². The van der Waals surface area contributed by atoms with Gasteiger partial charge in [-0.25, -0.2) is 0 Å². The van der Waals surface area contributed by atoms with Crippen LogP contribution >= 0.6 is 12.4 Å². The summed E-state index contributed by atoms with van der Waals surface area (Å²) in [6.45, 7) is 2.37. The number of rotatable bonds is 8. The number of carbonyl (C=O) groups is 1. The highest BCUT2D eigenvalue weighted by Gasteiger charge is 2.25. The Balaban J connectivity index is 0.00000280. The molecular formula is C22H28ClNO4. The second kappa shape index (κ2) is 11.1. The van der Waals surface area contributed by atoms with Crippen LogP contribution in [0.25, 0.3) is 0 Å². The van der Waals surface area contributed by atoms with E-state index in [2.05, 4.69) is 29.2 Å². The summed E-state index contributed by atoms with van der Waals surface area (Å²) >= 11 is 0. The summed E-state index contributed by atoms with van der Waals surface area (Å²) in [4.78, 5) is 13.0. The minimum atomic E-state index is -0.739. The molecule has 1 N–H and O–H groups in total. The number of methoxy groups -OCH3 is 1. The van der Waals surface area contributed by atoms with Gasteiger partial charge in [-0.3, -0.25) is 4.79 Å². The number of benzene rings is 2. The molecule has 2 aromatic rings. The van der Waals surface area contributed by atoms with E-state index in [1.54, 1.807) is 7.11 Å². The summed E-state index contributed by atoms with van der Waals surface area (Å²) in [6.07, 6.45) is 2.08. The molecule has 1 aliphatic heterocycles. The summed E-state index contributed by atoms with van der Waals surface area (Å²) in [7, 11) is 1.67. The maximum atomic E-state index is 10.8. The van der Waals surface area contributed by atoms with E-state index in [-0.39, 0.29) is 31.0 Å². The summed E-state index contributed by atoms with van der Waals surface area (Å²) < 4.78 is 11.8. The predicted molar refractivity (Wildman–Crippen MR) is 111 cm³/mol. The molecule has 152 valence electrons. The average molecular weight is 406 g/mol. The lowest BCUT2D eigenvalue weighted by Crippen LogP contribution is -2.38. The molecule has 0 spiro atoms. The Morgan fingerprint density at radius 1 is 1.07 bits per heavy atom. The number of likely N-dealkylation sites (tertiary alicyclic amines) is 1. The van der Waals surface area contributed by atoms with Gasteiger partial charge in [-0.2, -0.15) is 0 Å². The van der Waals surface area contributed by atoms with Crippen LogP contribution in [0.5, 0.6) is 5.75 Å². The third kappa shape index (κ3) is 6.23. The van der Waals surface area contributed by atoms with Gasteiger partial charge in [-0.15, -0.1) is 12.4 Å². The molecule has 1 atom stereocenters. The topological polar surface area (TPSA) is 59.0 Å². The lowest BCUT2D eigenvalue weighted by molar-refractivity contribution is -0.137. The summed E-state index contributed by atoms with van der Waals surface area (Å²) in [6, 6.07) is 18.3. The molecule has 2 aromatic carbocycles. The SMILES string of the molecule is COc1ccc(C(OC2CCN(CCC(=O)O)CC2)c2ccccc2)cc1.Cl. The number of nitrogens with zero attached hydrogens (tertiary/aromatic N) is 1. The van der Waals surface area contributed by atoms with E-state index >= 15 is 0 Å². The van der Waals surface area contributed by atoms with Crippen LogP contribution in [0.15, 0.2) is 54.6 Å². The van der Waals surface area contributed by atoms with Crippen LogP contribution in [0, 0.1) is 0 Å². The standard InChI is InChI=1S/C22H27NO4.ClH/c1-26-19-9-7-18(8-10-19)22(17-5-3-2-4-6-17)27-20-11-14-23(15-12-20)16-13-21(24)25;/h2-10,20,22H,11-16H2,1H3,(H,24,25);1H. The Bertz CT molecular complexity index is 715. The quantitative estimate of drug-likeness (QED) is 0.714. The van der Waals surface area contributed by atoms with Gasteiger partial charge in [0.25, 0.3) is 0 Å². The molecule has 0 aliphatic carbocycles. The van der Waals surface area contributed by atoms with Crippen molar-refractivity contribution in [3.63, 3.8) is 0 Å². The molecule has 5 nitrogen and oxygen atoms in total. The monoisotopic (exact) mass is 405 g/mol. The molecule has 0 saturated carbocycles. The van der Waals surface area contributed by atoms with Gasteiger partial charge in [0.1, 0.15) is 11.9 Å². The van der Waals surface area contributed by atoms with Gasteiger partial charge in [0, 0.05) is 19.6 Å². The Hall–Kier alpha value is -2.08. The van der Waals surface area contributed by atoms with Crippen molar-refractivity contribution < 1.29 is 19.4 Å². The number of hydrogen-bond acceptors (Lipinski definition) is 4. The van der Waals surface area contributed by atoms with Crippen LogP contribution in [0.2, 0.25) is 0 Å². The minimum Gasteiger partial charge on any atom is -0.497 e. The third-order valence-electron chi connectivity index (χ3n) is 5.03. The Kier molecular flexibility index (Phi) is 8.77. The molecule has 28 heavy (non-hydrogen) atoms. The zero-order valence-electron chi connectivity index (χ0n) is 16.1. The van der Waals surface area contributed by atoms with Crippen LogP contribution in [0.1, 0.15) is 36.5 Å². The summed E-state index contributed by atoms with van der Waals surface area (Å²) in [5.41, 5.74) is 2.24. The van der Waals surface area contributed by atoms with Crippen molar-refractivity contribution >= 4 is 18.4 Å². The lowest BCUT2D eigenvalue weighted by atomic mass is 10.00. The molecule has 1 heterocycles. The molecule has 0 radical (unpaired) electrons. The maximum Gasteiger partial charge on any atom is 0.304 e. The minimum absolute atomic E-state index is 0. The molecular weight excluding hydrogens is 378 g/mol. The molecule has 0 amide bonds. The van der Waals surface area contributed by atoms with Crippen molar-refractivity contribution in [3.05, 3.63) is 65.7 Å². The van der Waals surface area contributed by atoms with Crippen LogP contribution < -0.4 is 4.74 Å². The first-order valence-electron chi connectivity index (χ1n) is 9.44. The van der Waals surface area contributed by atoms with Crippen molar-refractivity contribution in [1.82, 2.24) is 4.90 Å². The first-order chi connectivity index (χ1) is 13.2. The predicted octanol–water partition coefficient (Wildman–Crippen LogP) is 4.16. The van der Waals surface area contributed by atoms with Crippen LogP contribution in [0.4, 0.5) is 0 Å². The van der Waals surface area contributed by atoms with Gasteiger partial charge >= 0.3 is 5.97 Å². The normalized spacial score (nSPS) is 16.2. The number of ether oxygens (including phenoxy) is 2. The van der Waals surface area contributed by atoms with Gasteiger partial charge in [-0.05, 0) is 36.1 Å². The molecule has 6 heteroatoms. The first-order valence-corrected chi connectivity index (χ1v) is 9.44. The summed E-state index contributed by atoms with van der Waals surface area (Å²) in [5, 5.41) is 8.84. The van der Waals surface area contributed by atoms with E-state index in [9.17, 15) is 4.79 Å². The third-order valence-corrected chi connectivity index (χ3v) is 5.03. The van der Waals surface area contributed by atoms with Crippen molar-refractivity contribution in [2.75, 3.05) is 26.7 Å². The van der Waals surface area contributed by atoms with E-state index in [1.165, 1.54) is 0 Å². The smallest absolute Gasteiger partial charge is 0.304 e. The van der Waals surface area contributed by atoms with E-state index < -0.39 is 5.97 Å². The second-order valence-corrected chi connectivity index (χ2v) is 6.88. The fourth-order valence-corrected chi connectivity index (χ4v) is 3.47. The van der Waals surface area contributed by atoms with Crippen molar-refractivity contribution in [1.29, 1.82) is 0 Å². The van der Waals surface area contributed by atoms with Crippen molar-refractivity contribution in [3.8, 4) is 5.75 Å². The number of piperidine rings is 1. The van der Waals surface area contributed by atoms with Crippen molar-refractivity contribution in [2.45, 2.75) is 31.5 Å². The largest absolute Gasteiger partial charge is 0.497 e. The second-order valence-electron chi connectivity index (χ2n) is 6.88. The molecule has 1 aliphatic rings. The summed E-state index contributed by atoms with van der Waals surface area (Å²) in [5.74, 6) is 0.0920. The molecule has 3 rings (SSSR count). The fourth-order valence-electron chi connectivity index (χ4n) is 3.47.